The van der Waals surface area contributed by atoms with Crippen molar-refractivity contribution >= 4 is 13.6 Å². The van der Waals surface area contributed by atoms with Gasteiger partial charge in [-0.2, -0.15) is 0 Å². The Kier molecular flexibility index (Phi) is 6.00. The summed E-state index contributed by atoms with van der Waals surface area (Å²) in [6, 6.07) is 0. The lowest BCUT2D eigenvalue weighted by molar-refractivity contribution is -0.137. The molecule has 0 aliphatic carbocycles. The van der Waals surface area contributed by atoms with Crippen molar-refractivity contribution < 1.29 is 24.3 Å². The van der Waals surface area contributed by atoms with Gasteiger partial charge in [0.25, 0.3) is 0 Å². The molecule has 0 radical (unpaired) electrons. The summed E-state index contributed by atoms with van der Waals surface area (Å²) in [6.45, 7) is 0.891. The average Bonchev–Trinajstić information content (AvgIpc) is 2.00. The molecule has 0 aliphatic rings. The van der Waals surface area contributed by atoms with Gasteiger partial charge in [0, 0.05) is 0 Å². The van der Waals surface area contributed by atoms with Gasteiger partial charge in [0.05, 0.1) is 6.54 Å². The number of carbonyl (C=O) groups is 1. The zero-order valence-electron chi connectivity index (χ0n) is 8.37. The minimum atomic E-state index is -4.57. The maximum Gasteiger partial charge on any atom is 0.341 e. The van der Waals surface area contributed by atoms with E-state index in [1.54, 1.807) is 0 Å². The van der Waals surface area contributed by atoms with Gasteiger partial charge in [-0.25, -0.2) is 0 Å². The van der Waals surface area contributed by atoms with Gasteiger partial charge in [-0.1, -0.05) is 19.8 Å². The summed E-state index contributed by atoms with van der Waals surface area (Å²) >= 11 is 0. The smallest absolute Gasteiger partial charge is 0.341 e. The van der Waals surface area contributed by atoms with E-state index in [0.29, 0.717) is 12.8 Å². The lowest BCUT2D eigenvalue weighted by atomic mass is 10.2. The zero-order valence-corrected chi connectivity index (χ0v) is 9.26. The third-order valence-corrected chi connectivity index (χ3v) is 3.12. The third-order valence-electron chi connectivity index (χ3n) is 1.83. The van der Waals surface area contributed by atoms with Gasteiger partial charge in [-0.3, -0.25) is 9.36 Å². The van der Waals surface area contributed by atoms with Gasteiger partial charge in [0.15, 0.2) is 0 Å². The van der Waals surface area contributed by atoms with Crippen molar-refractivity contribution in [3.8, 4) is 0 Å². The Morgan fingerprint density at radius 1 is 1.53 bits per heavy atom. The van der Waals surface area contributed by atoms with E-state index in [1.165, 1.54) is 0 Å². The first kappa shape index (κ1) is 14.5. The Morgan fingerprint density at radius 2 is 2.07 bits per heavy atom. The van der Waals surface area contributed by atoms with E-state index < -0.39 is 25.9 Å². The van der Waals surface area contributed by atoms with Gasteiger partial charge in [0.2, 0.25) is 0 Å². The molecule has 90 valence electrons. The van der Waals surface area contributed by atoms with Crippen molar-refractivity contribution in [1.29, 1.82) is 0 Å². The van der Waals surface area contributed by atoms with E-state index in [2.05, 4.69) is 0 Å². The summed E-state index contributed by atoms with van der Waals surface area (Å²) in [7, 11) is -4.57. The summed E-state index contributed by atoms with van der Waals surface area (Å²) in [4.78, 5) is 27.9. The minimum Gasteiger partial charge on any atom is -0.784 e. The first-order valence-corrected chi connectivity index (χ1v) is 6.18. The second-order valence-electron chi connectivity index (χ2n) is 3.18. The summed E-state index contributed by atoms with van der Waals surface area (Å²) < 4.78 is 10.9. The van der Waals surface area contributed by atoms with E-state index in [4.69, 9.17) is 14.9 Å². The Labute approximate surface area is 87.4 Å². The van der Waals surface area contributed by atoms with Crippen LogP contribution < -0.4 is 0 Å². The standard InChI is InChI=1S/C7H15NO6P/c1-2-3-4-6(15(12,13)14)8(11)5-7(9)10/h6H,2-5H2,1H3,(H,9,10)(H2,12,13,14)/q-1. The number of hydrogen-bond acceptors (Lipinski definition) is 4. The van der Waals surface area contributed by atoms with Crippen molar-refractivity contribution in [1.82, 2.24) is 5.06 Å². The first-order chi connectivity index (χ1) is 6.79. The quantitative estimate of drug-likeness (QED) is 0.439. The van der Waals surface area contributed by atoms with Gasteiger partial charge in [-0.05, 0) is 6.42 Å². The number of aliphatic carboxylic acids is 1. The molecule has 1 unspecified atom stereocenters. The predicted molar refractivity (Wildman–Crippen MR) is 53.1 cm³/mol. The van der Waals surface area contributed by atoms with Gasteiger partial charge in [0.1, 0.15) is 5.78 Å². The molecular weight excluding hydrogens is 225 g/mol. The minimum absolute atomic E-state index is 0.00242. The van der Waals surface area contributed by atoms with E-state index >= 15 is 0 Å². The maximum atomic E-state index is 11.1. The second-order valence-corrected chi connectivity index (χ2v) is 4.96. The predicted octanol–water partition coefficient (Wildman–Crippen LogP) is 0.565. The fraction of sp³-hybridized carbons (Fsp3) is 0.857. The number of hydrogen-bond donors (Lipinski definition) is 3. The van der Waals surface area contributed by atoms with Crippen LogP contribution in [0.1, 0.15) is 26.2 Å². The average molecular weight is 240 g/mol. The fourth-order valence-corrected chi connectivity index (χ4v) is 2.04. The Bertz CT molecular complexity index is 252. The molecule has 0 aromatic rings. The largest absolute Gasteiger partial charge is 0.784 e. The highest BCUT2D eigenvalue weighted by molar-refractivity contribution is 7.52. The Morgan fingerprint density at radius 3 is 2.40 bits per heavy atom. The summed E-state index contributed by atoms with van der Waals surface area (Å²) in [5.41, 5.74) is 0. The third kappa shape index (κ3) is 5.86. The van der Waals surface area contributed by atoms with Crippen molar-refractivity contribution in [3.05, 3.63) is 5.21 Å². The SMILES string of the molecule is CCCCC(N([O-])CC(=O)O)P(=O)(O)O. The molecule has 0 spiro atoms. The van der Waals surface area contributed by atoms with Gasteiger partial charge in [-0.15, -0.1) is 0 Å². The summed E-state index contributed by atoms with van der Waals surface area (Å²) in [6.07, 6.45) is 1.14. The number of hydroxylamine groups is 2. The maximum absolute atomic E-state index is 11.1. The molecule has 0 aromatic heterocycles. The van der Waals surface area contributed by atoms with Crippen LogP contribution in [0, 0.1) is 5.21 Å². The molecule has 1 atom stereocenters. The van der Waals surface area contributed by atoms with Crippen LogP contribution >= 0.6 is 7.60 Å². The van der Waals surface area contributed by atoms with Crippen molar-refractivity contribution in [3.63, 3.8) is 0 Å². The van der Waals surface area contributed by atoms with Crippen LogP contribution in [0.3, 0.4) is 0 Å². The fourth-order valence-electron chi connectivity index (χ4n) is 1.11. The number of carboxylic acids is 1. The van der Waals surface area contributed by atoms with Gasteiger partial charge >= 0.3 is 13.6 Å². The van der Waals surface area contributed by atoms with Crippen molar-refractivity contribution in [2.75, 3.05) is 6.54 Å². The van der Waals surface area contributed by atoms with E-state index in [1.807, 2.05) is 6.92 Å². The molecule has 0 fully saturated rings. The van der Waals surface area contributed by atoms with Crippen LogP contribution in [0.5, 0.6) is 0 Å². The molecule has 0 heterocycles. The molecule has 7 nitrogen and oxygen atoms in total. The highest BCUT2D eigenvalue weighted by Crippen LogP contribution is 2.45. The Hall–Kier alpha value is -0.460. The summed E-state index contributed by atoms with van der Waals surface area (Å²) in [5, 5.41) is 19.4. The molecular formula is C7H15NO6P-. The number of nitrogens with zero attached hydrogens (tertiary/aromatic N) is 1. The molecule has 3 N–H and O–H groups in total. The van der Waals surface area contributed by atoms with Crippen LogP contribution in [0.2, 0.25) is 0 Å². The van der Waals surface area contributed by atoms with Crippen molar-refractivity contribution in [2.45, 2.75) is 32.0 Å². The van der Waals surface area contributed by atoms with Crippen LogP contribution in [0.25, 0.3) is 0 Å². The van der Waals surface area contributed by atoms with Crippen LogP contribution in [0.15, 0.2) is 0 Å². The van der Waals surface area contributed by atoms with E-state index in [-0.39, 0.29) is 11.5 Å². The second kappa shape index (κ2) is 6.19. The van der Waals surface area contributed by atoms with Crippen molar-refractivity contribution in [2.24, 2.45) is 0 Å². The molecule has 0 saturated carbocycles. The number of unbranched alkanes of at least 4 members (excludes halogenated alkanes) is 1. The Balaban J connectivity index is 4.48. The normalized spacial score (nSPS) is 14.2. The lowest BCUT2D eigenvalue weighted by Crippen LogP contribution is -2.34. The van der Waals surface area contributed by atoms with Gasteiger partial charge < -0.3 is 25.2 Å². The highest BCUT2D eigenvalue weighted by atomic mass is 31.2. The van der Waals surface area contributed by atoms with Crippen LogP contribution in [-0.4, -0.2) is 38.3 Å². The molecule has 0 aliphatic heterocycles. The van der Waals surface area contributed by atoms with Crippen LogP contribution in [0.4, 0.5) is 0 Å². The highest BCUT2D eigenvalue weighted by Gasteiger charge is 2.29. The molecule has 15 heavy (non-hydrogen) atoms. The monoisotopic (exact) mass is 240 g/mol. The zero-order chi connectivity index (χ0) is 12.1. The van der Waals surface area contributed by atoms with E-state index in [9.17, 15) is 14.6 Å². The molecule has 0 bridgehead atoms. The molecule has 0 saturated heterocycles. The number of rotatable bonds is 7. The molecule has 8 heteroatoms. The topological polar surface area (TPSA) is 121 Å². The van der Waals surface area contributed by atoms with Crippen LogP contribution in [-0.2, 0) is 9.36 Å². The van der Waals surface area contributed by atoms with E-state index in [0.717, 1.165) is 0 Å². The molecule has 0 rings (SSSR count). The first-order valence-electron chi connectivity index (χ1n) is 4.49. The number of carboxylic acid groups (broad SMARTS) is 1. The molecule has 0 aromatic carbocycles. The summed E-state index contributed by atoms with van der Waals surface area (Å²) in [5.74, 6) is -2.95. The lowest BCUT2D eigenvalue weighted by Gasteiger charge is -2.35. The molecule has 0 amide bonds.